The van der Waals surface area contributed by atoms with Gasteiger partial charge in [-0.15, -0.1) is 0 Å². The fourth-order valence-corrected chi connectivity index (χ4v) is 3.40. The van der Waals surface area contributed by atoms with E-state index in [1.807, 2.05) is 6.92 Å². The molecule has 1 aromatic carbocycles. The normalized spacial score (nSPS) is 12.3. The number of amides is 4. The van der Waals surface area contributed by atoms with Gasteiger partial charge in [-0.25, -0.2) is 4.79 Å². The minimum absolute atomic E-state index is 0.0466. The van der Waals surface area contributed by atoms with Crippen LogP contribution in [0.1, 0.15) is 71.0 Å². The maximum Gasteiger partial charge on any atom is 0.408 e. The average Bonchev–Trinajstić information content (AvgIpc) is 2.83. The van der Waals surface area contributed by atoms with Gasteiger partial charge in [0.1, 0.15) is 17.7 Å². The third-order valence-electron chi connectivity index (χ3n) is 5.19. The SMILES string of the molecule is C#CN(C(=O)C(CCC(N)=O)NC(=O)OC(C)(C)C)C(C(=O)NCCC(=O)OCC)c1ccc(CC)cc1. The molecule has 0 fully saturated rings. The minimum atomic E-state index is -1.31. The highest BCUT2D eigenvalue weighted by atomic mass is 16.6. The van der Waals surface area contributed by atoms with Crippen LogP contribution in [0.15, 0.2) is 24.3 Å². The molecule has 0 radical (unpaired) electrons. The van der Waals surface area contributed by atoms with E-state index in [9.17, 15) is 24.0 Å². The van der Waals surface area contributed by atoms with E-state index in [-0.39, 0.29) is 32.4 Å². The maximum atomic E-state index is 13.6. The number of carbonyl (C=O) groups excluding carboxylic acids is 5. The van der Waals surface area contributed by atoms with Crippen molar-refractivity contribution >= 4 is 29.8 Å². The lowest BCUT2D eigenvalue weighted by Gasteiger charge is -2.30. The van der Waals surface area contributed by atoms with E-state index in [0.717, 1.165) is 16.9 Å². The highest BCUT2D eigenvalue weighted by Gasteiger charge is 2.36. The van der Waals surface area contributed by atoms with Gasteiger partial charge in [0, 0.05) is 19.0 Å². The summed E-state index contributed by atoms with van der Waals surface area (Å²) in [7, 11) is 0. The molecule has 38 heavy (non-hydrogen) atoms. The van der Waals surface area contributed by atoms with Gasteiger partial charge >= 0.3 is 12.1 Å². The largest absolute Gasteiger partial charge is 0.466 e. The summed E-state index contributed by atoms with van der Waals surface area (Å²) in [6, 6.07) is 6.59. The number of hydrogen-bond acceptors (Lipinski definition) is 7. The fourth-order valence-electron chi connectivity index (χ4n) is 3.40. The van der Waals surface area contributed by atoms with Crippen molar-refractivity contribution in [1.82, 2.24) is 15.5 Å². The molecule has 0 aliphatic heterocycles. The lowest BCUT2D eigenvalue weighted by Crippen LogP contribution is -2.51. The first-order chi connectivity index (χ1) is 17.8. The zero-order valence-electron chi connectivity index (χ0n) is 22.7. The lowest BCUT2D eigenvalue weighted by molar-refractivity contribution is -0.143. The van der Waals surface area contributed by atoms with Crippen LogP contribution >= 0.6 is 0 Å². The molecule has 11 nitrogen and oxygen atoms in total. The molecule has 0 saturated carbocycles. The average molecular weight is 531 g/mol. The Morgan fingerprint density at radius 3 is 2.21 bits per heavy atom. The van der Waals surface area contributed by atoms with Crippen molar-refractivity contribution in [3.8, 4) is 12.5 Å². The monoisotopic (exact) mass is 530 g/mol. The van der Waals surface area contributed by atoms with Crippen LogP contribution in [0.5, 0.6) is 0 Å². The van der Waals surface area contributed by atoms with Crippen LogP contribution in [-0.4, -0.2) is 59.5 Å². The molecular formula is C27H38N4O7. The maximum absolute atomic E-state index is 13.6. The fraction of sp³-hybridized carbons (Fsp3) is 0.519. The zero-order valence-corrected chi connectivity index (χ0v) is 22.7. The molecule has 11 heteroatoms. The van der Waals surface area contributed by atoms with Gasteiger partial charge in [-0.05, 0) is 51.7 Å². The molecule has 208 valence electrons. The molecule has 0 spiro atoms. The summed E-state index contributed by atoms with van der Waals surface area (Å²) < 4.78 is 10.1. The van der Waals surface area contributed by atoms with Gasteiger partial charge in [-0.1, -0.05) is 37.6 Å². The van der Waals surface area contributed by atoms with Crippen molar-refractivity contribution in [1.29, 1.82) is 0 Å². The van der Waals surface area contributed by atoms with Crippen LogP contribution < -0.4 is 16.4 Å². The molecule has 0 aliphatic rings. The number of hydrogen-bond donors (Lipinski definition) is 3. The predicted octanol–water partition coefficient (Wildman–Crippen LogP) is 1.94. The van der Waals surface area contributed by atoms with Crippen molar-refractivity contribution in [2.45, 2.75) is 78.0 Å². The highest BCUT2D eigenvalue weighted by molar-refractivity contribution is 5.93. The third kappa shape index (κ3) is 10.9. The molecular weight excluding hydrogens is 492 g/mol. The molecule has 1 aromatic rings. The summed E-state index contributed by atoms with van der Waals surface area (Å²) in [5.41, 5.74) is 5.82. The van der Waals surface area contributed by atoms with Crippen LogP contribution in [0, 0.1) is 12.5 Å². The second-order valence-corrected chi connectivity index (χ2v) is 9.38. The smallest absolute Gasteiger partial charge is 0.408 e. The number of nitrogens with one attached hydrogen (secondary N) is 2. The molecule has 4 amide bonds. The summed E-state index contributed by atoms with van der Waals surface area (Å²) in [5.74, 6) is -2.64. The molecule has 2 atom stereocenters. The van der Waals surface area contributed by atoms with Crippen molar-refractivity contribution in [2.75, 3.05) is 13.2 Å². The van der Waals surface area contributed by atoms with Crippen LogP contribution in [0.25, 0.3) is 0 Å². The number of benzene rings is 1. The Hall–Kier alpha value is -4.07. The first kappa shape index (κ1) is 32.0. The first-order valence-corrected chi connectivity index (χ1v) is 12.4. The standard InChI is InChI=1S/C27H38N4O7/c1-7-18-10-12-19(13-11-18)23(24(34)29-17-16-22(33)37-9-3)31(8-2)25(35)20(14-15-21(28)32)30-26(36)38-27(4,5)6/h2,10-13,20,23H,7,9,14-17H2,1,3-6H3,(H2,28,32)(H,29,34)(H,30,36). The summed E-state index contributed by atoms with van der Waals surface area (Å²) in [5, 5.41) is 5.05. The third-order valence-corrected chi connectivity index (χ3v) is 5.19. The van der Waals surface area contributed by atoms with Crippen LogP contribution in [0.2, 0.25) is 0 Å². The first-order valence-electron chi connectivity index (χ1n) is 12.4. The molecule has 2 unspecified atom stereocenters. The number of terminal acetylenes is 1. The van der Waals surface area contributed by atoms with Crippen molar-refractivity contribution in [3.63, 3.8) is 0 Å². The Bertz CT molecular complexity index is 1030. The van der Waals surface area contributed by atoms with E-state index in [2.05, 4.69) is 16.7 Å². The van der Waals surface area contributed by atoms with Gasteiger partial charge in [-0.2, -0.15) is 0 Å². The number of esters is 1. The number of carbonyl (C=O) groups is 5. The Labute approximate surface area is 223 Å². The molecule has 0 saturated heterocycles. The Morgan fingerprint density at radius 2 is 1.71 bits per heavy atom. The highest BCUT2D eigenvalue weighted by Crippen LogP contribution is 2.23. The van der Waals surface area contributed by atoms with Gasteiger partial charge in [-0.3, -0.25) is 24.1 Å². The quantitative estimate of drug-likeness (QED) is 0.200. The number of rotatable bonds is 13. The molecule has 0 aromatic heterocycles. The van der Waals surface area contributed by atoms with Gasteiger partial charge in [0.25, 0.3) is 5.91 Å². The lowest BCUT2D eigenvalue weighted by atomic mass is 10.00. The van der Waals surface area contributed by atoms with Crippen molar-refractivity contribution < 1.29 is 33.4 Å². The van der Waals surface area contributed by atoms with Gasteiger partial charge in [0.2, 0.25) is 11.8 Å². The van der Waals surface area contributed by atoms with E-state index in [0.29, 0.717) is 5.56 Å². The van der Waals surface area contributed by atoms with E-state index in [4.69, 9.17) is 21.6 Å². The van der Waals surface area contributed by atoms with Crippen LogP contribution in [-0.2, 0) is 35.1 Å². The number of ether oxygens (including phenoxy) is 2. The minimum Gasteiger partial charge on any atom is -0.466 e. The predicted molar refractivity (Wildman–Crippen MR) is 140 cm³/mol. The molecule has 1 rings (SSSR count). The number of nitrogens with two attached hydrogens (primary N) is 1. The number of primary amides is 1. The van der Waals surface area contributed by atoms with Gasteiger partial charge in [0.15, 0.2) is 0 Å². The van der Waals surface area contributed by atoms with Crippen molar-refractivity contribution in [2.24, 2.45) is 5.73 Å². The topological polar surface area (TPSA) is 157 Å². The van der Waals surface area contributed by atoms with Crippen molar-refractivity contribution in [3.05, 3.63) is 35.4 Å². The molecule has 0 heterocycles. The number of alkyl carbamates (subject to hydrolysis) is 1. The van der Waals surface area contributed by atoms with Crippen LogP contribution in [0.3, 0.4) is 0 Å². The Balaban J connectivity index is 3.32. The van der Waals surface area contributed by atoms with E-state index >= 15 is 0 Å². The van der Waals surface area contributed by atoms with Crippen LogP contribution in [0.4, 0.5) is 4.79 Å². The molecule has 0 aliphatic carbocycles. The second-order valence-electron chi connectivity index (χ2n) is 9.38. The molecule has 0 bridgehead atoms. The Kier molecular flexibility index (Phi) is 12.8. The summed E-state index contributed by atoms with van der Waals surface area (Å²) in [4.78, 5) is 63.3. The van der Waals surface area contributed by atoms with Gasteiger partial charge < -0.3 is 25.8 Å². The summed E-state index contributed by atoms with van der Waals surface area (Å²) in [6.07, 6.45) is 5.09. The zero-order chi connectivity index (χ0) is 28.9. The number of nitrogens with zero attached hydrogens (tertiary/aromatic N) is 1. The number of aryl methyl sites for hydroxylation is 1. The van der Waals surface area contributed by atoms with E-state index in [1.54, 1.807) is 52.0 Å². The van der Waals surface area contributed by atoms with E-state index < -0.39 is 47.5 Å². The summed E-state index contributed by atoms with van der Waals surface area (Å²) >= 11 is 0. The van der Waals surface area contributed by atoms with Gasteiger partial charge in [0.05, 0.1) is 13.0 Å². The molecule has 4 N–H and O–H groups in total. The van der Waals surface area contributed by atoms with E-state index in [1.165, 1.54) is 0 Å². The Morgan fingerprint density at radius 1 is 1.08 bits per heavy atom. The second kappa shape index (κ2) is 15.2. The summed E-state index contributed by atoms with van der Waals surface area (Å²) in [6.45, 7) is 8.75.